The molecule has 0 unspecified atom stereocenters. The minimum absolute atomic E-state index is 0.0932. The van der Waals surface area contributed by atoms with Crippen LogP contribution in [0.15, 0.2) is 10.9 Å². The van der Waals surface area contributed by atoms with Gasteiger partial charge in [0.1, 0.15) is 0 Å². The Bertz CT molecular complexity index is 725. The van der Waals surface area contributed by atoms with E-state index in [1.54, 1.807) is 0 Å². The summed E-state index contributed by atoms with van der Waals surface area (Å²) in [7, 11) is 2.43. The number of methoxy groups -OCH3 is 2. The molecule has 0 N–H and O–H groups in total. The topological polar surface area (TPSA) is 40.5 Å². The SMILES string of the molecule is COc1cc2c(c(C)c(F)c(=O)n2F)c(F)c1OC. The molecule has 0 spiro atoms. The highest BCUT2D eigenvalue weighted by Crippen LogP contribution is 2.37. The zero-order valence-corrected chi connectivity index (χ0v) is 10.4. The van der Waals surface area contributed by atoms with Crippen LogP contribution in [0.4, 0.5) is 13.3 Å². The molecule has 0 fully saturated rings. The number of halogens is 3. The van der Waals surface area contributed by atoms with Crippen molar-refractivity contribution >= 4 is 10.9 Å². The average molecular weight is 273 g/mol. The molecule has 1 heterocycles. The predicted octanol–water partition coefficient (Wildman–Crippen LogP) is 2.34. The Labute approximate surface area is 105 Å². The van der Waals surface area contributed by atoms with Crippen molar-refractivity contribution in [1.29, 1.82) is 0 Å². The summed E-state index contributed by atoms with van der Waals surface area (Å²) >= 11 is 0. The molecule has 1 aromatic heterocycles. The number of hydrogen-bond donors (Lipinski definition) is 0. The summed E-state index contributed by atoms with van der Waals surface area (Å²) < 4.78 is 51.1. The highest BCUT2D eigenvalue weighted by molar-refractivity contribution is 5.86. The molecule has 1 aromatic carbocycles. The summed E-state index contributed by atoms with van der Waals surface area (Å²) in [5, 5.41) is -0.364. The second-order valence-electron chi connectivity index (χ2n) is 3.85. The maximum Gasteiger partial charge on any atom is 0.315 e. The van der Waals surface area contributed by atoms with E-state index in [-0.39, 0.29) is 22.4 Å². The number of aromatic nitrogens is 1. The quantitative estimate of drug-likeness (QED) is 0.843. The fourth-order valence-electron chi connectivity index (χ4n) is 1.92. The van der Waals surface area contributed by atoms with Crippen LogP contribution in [-0.4, -0.2) is 19.0 Å². The lowest BCUT2D eigenvalue weighted by Gasteiger charge is -2.13. The molecule has 19 heavy (non-hydrogen) atoms. The van der Waals surface area contributed by atoms with E-state index in [2.05, 4.69) is 0 Å². The van der Waals surface area contributed by atoms with Crippen molar-refractivity contribution in [2.45, 2.75) is 6.92 Å². The van der Waals surface area contributed by atoms with Crippen LogP contribution in [0.1, 0.15) is 5.56 Å². The predicted molar refractivity (Wildman–Crippen MR) is 62.5 cm³/mol. The first-order valence-electron chi connectivity index (χ1n) is 5.25. The van der Waals surface area contributed by atoms with E-state index in [1.165, 1.54) is 21.1 Å². The van der Waals surface area contributed by atoms with Gasteiger partial charge in [-0.05, 0) is 6.92 Å². The third kappa shape index (κ3) is 1.73. The largest absolute Gasteiger partial charge is 0.493 e. The molecule has 7 heteroatoms. The van der Waals surface area contributed by atoms with E-state index >= 15 is 0 Å². The lowest BCUT2D eigenvalue weighted by Crippen LogP contribution is -2.20. The van der Waals surface area contributed by atoms with Crippen LogP contribution in [0.3, 0.4) is 0 Å². The number of rotatable bonds is 2. The maximum absolute atomic E-state index is 14.2. The van der Waals surface area contributed by atoms with Gasteiger partial charge in [0, 0.05) is 17.0 Å². The first kappa shape index (κ1) is 13.3. The van der Waals surface area contributed by atoms with Crippen LogP contribution in [0.5, 0.6) is 11.5 Å². The maximum atomic E-state index is 14.2. The number of benzene rings is 1. The third-order valence-electron chi connectivity index (χ3n) is 2.87. The molecular formula is C12H10F3NO3. The summed E-state index contributed by atoms with van der Waals surface area (Å²) in [6.07, 6.45) is 0. The number of ether oxygens (including phenoxy) is 2. The van der Waals surface area contributed by atoms with Gasteiger partial charge in [-0.1, -0.05) is 4.48 Å². The van der Waals surface area contributed by atoms with E-state index in [4.69, 9.17) is 9.47 Å². The Morgan fingerprint density at radius 3 is 2.32 bits per heavy atom. The number of fused-ring (bicyclic) bond motifs is 1. The first-order chi connectivity index (χ1) is 8.93. The molecule has 0 aliphatic carbocycles. The van der Waals surface area contributed by atoms with Crippen LogP contribution in [0.2, 0.25) is 0 Å². The highest BCUT2D eigenvalue weighted by atomic mass is 19.2. The summed E-state index contributed by atoms with van der Waals surface area (Å²) in [6.45, 7) is 1.19. The van der Waals surface area contributed by atoms with Crippen LogP contribution in [0.25, 0.3) is 10.9 Å². The van der Waals surface area contributed by atoms with Crippen LogP contribution < -0.4 is 15.0 Å². The van der Waals surface area contributed by atoms with Gasteiger partial charge in [-0.3, -0.25) is 4.79 Å². The Hall–Kier alpha value is -2.18. The molecule has 2 aromatic rings. The van der Waals surface area contributed by atoms with Crippen LogP contribution in [0, 0.1) is 18.6 Å². The van der Waals surface area contributed by atoms with E-state index in [0.29, 0.717) is 0 Å². The van der Waals surface area contributed by atoms with Crippen molar-refractivity contribution in [3.63, 3.8) is 0 Å². The number of aryl methyl sites for hydroxylation is 1. The van der Waals surface area contributed by atoms with Gasteiger partial charge in [0.15, 0.2) is 23.1 Å². The van der Waals surface area contributed by atoms with Gasteiger partial charge in [0.25, 0.3) is 0 Å². The smallest absolute Gasteiger partial charge is 0.315 e. The zero-order chi connectivity index (χ0) is 14.3. The van der Waals surface area contributed by atoms with Crippen LogP contribution >= 0.6 is 0 Å². The molecule has 0 atom stereocenters. The van der Waals surface area contributed by atoms with Crippen molar-refractivity contribution in [3.8, 4) is 11.5 Å². The lowest BCUT2D eigenvalue weighted by atomic mass is 10.1. The molecule has 0 aliphatic heterocycles. The molecule has 0 bridgehead atoms. The molecule has 0 aliphatic rings. The molecule has 0 radical (unpaired) electrons. The number of pyridine rings is 1. The van der Waals surface area contributed by atoms with Gasteiger partial charge in [-0.25, -0.2) is 8.78 Å². The zero-order valence-electron chi connectivity index (χ0n) is 10.4. The van der Waals surface area contributed by atoms with Gasteiger partial charge in [-0.15, -0.1) is 4.79 Å². The van der Waals surface area contributed by atoms with Crippen molar-refractivity contribution in [2.24, 2.45) is 0 Å². The normalized spacial score (nSPS) is 10.8. The van der Waals surface area contributed by atoms with Gasteiger partial charge in [0.05, 0.1) is 19.7 Å². The van der Waals surface area contributed by atoms with E-state index in [9.17, 15) is 18.1 Å². The van der Waals surface area contributed by atoms with E-state index < -0.39 is 27.5 Å². The monoisotopic (exact) mass is 273 g/mol. The Morgan fingerprint density at radius 1 is 1.16 bits per heavy atom. The molecule has 0 saturated heterocycles. The second kappa shape index (κ2) is 4.49. The minimum atomic E-state index is -1.48. The molecule has 102 valence electrons. The van der Waals surface area contributed by atoms with Gasteiger partial charge in [0.2, 0.25) is 0 Å². The van der Waals surface area contributed by atoms with Gasteiger partial charge >= 0.3 is 5.56 Å². The fraction of sp³-hybridized carbons (Fsp3) is 0.250. The number of hydrogen-bond acceptors (Lipinski definition) is 3. The van der Waals surface area contributed by atoms with Gasteiger partial charge in [-0.2, -0.15) is 0 Å². The van der Waals surface area contributed by atoms with Gasteiger partial charge < -0.3 is 9.47 Å². The van der Waals surface area contributed by atoms with Crippen molar-refractivity contribution < 1.29 is 22.7 Å². The second-order valence-corrected chi connectivity index (χ2v) is 3.85. The number of nitrogens with zero attached hydrogens (tertiary/aromatic N) is 1. The van der Waals surface area contributed by atoms with E-state index in [0.717, 1.165) is 6.07 Å². The summed E-state index contributed by atoms with van der Waals surface area (Å²) in [5.41, 5.74) is -2.18. The molecule has 2 rings (SSSR count). The Kier molecular flexibility index (Phi) is 3.13. The fourth-order valence-corrected chi connectivity index (χ4v) is 1.92. The molecule has 4 nitrogen and oxygen atoms in total. The van der Waals surface area contributed by atoms with E-state index in [1.807, 2.05) is 0 Å². The summed E-state index contributed by atoms with van der Waals surface area (Å²) in [6, 6.07) is 1.07. The average Bonchev–Trinajstić information content (AvgIpc) is 2.41. The summed E-state index contributed by atoms with van der Waals surface area (Å²) in [5.74, 6) is -2.71. The minimum Gasteiger partial charge on any atom is -0.493 e. The van der Waals surface area contributed by atoms with Crippen molar-refractivity contribution in [1.82, 2.24) is 4.79 Å². The molecule has 0 saturated carbocycles. The summed E-state index contributed by atoms with van der Waals surface area (Å²) in [4.78, 5) is 10.8. The first-order valence-corrected chi connectivity index (χ1v) is 5.25. The highest BCUT2D eigenvalue weighted by Gasteiger charge is 2.22. The molecule has 0 amide bonds. The Balaban J connectivity index is 3.09. The standard InChI is InChI=1S/C12H10F3NO3/c1-5-8-6(16(15)12(17)9(5)13)4-7(18-2)11(19-3)10(8)14/h4H,1-3H3. The molecular weight excluding hydrogens is 263 g/mol. The third-order valence-corrected chi connectivity index (χ3v) is 2.87. The van der Waals surface area contributed by atoms with Crippen molar-refractivity contribution in [3.05, 3.63) is 33.6 Å². The van der Waals surface area contributed by atoms with Crippen LogP contribution in [-0.2, 0) is 0 Å². The Morgan fingerprint density at radius 2 is 1.79 bits per heavy atom. The van der Waals surface area contributed by atoms with Crippen molar-refractivity contribution in [2.75, 3.05) is 14.2 Å². The lowest BCUT2D eigenvalue weighted by molar-refractivity contribution is 0.334.